The van der Waals surface area contributed by atoms with E-state index >= 15 is 0 Å². The molecule has 0 atom stereocenters. The molecule has 0 aliphatic heterocycles. The minimum Gasteiger partial charge on any atom is -0.447 e. The molecule has 0 aromatic rings. The van der Waals surface area contributed by atoms with Crippen molar-refractivity contribution in [3.63, 3.8) is 0 Å². The van der Waals surface area contributed by atoms with Crippen LogP contribution in [0, 0.1) is 11.3 Å². The minimum absolute atomic E-state index is 1.05. The summed E-state index contributed by atoms with van der Waals surface area (Å²) in [4.78, 5) is 12.5. The van der Waals surface area contributed by atoms with Crippen molar-refractivity contribution in [2.24, 2.45) is 0 Å². The van der Waals surface area contributed by atoms with Crippen LogP contribution in [0.15, 0.2) is 0 Å². The van der Waals surface area contributed by atoms with Gasteiger partial charge in [0.05, 0.1) is 0 Å². The van der Waals surface area contributed by atoms with E-state index in [1.165, 1.54) is 0 Å². The lowest BCUT2D eigenvalue weighted by molar-refractivity contribution is -0.183. The van der Waals surface area contributed by atoms with Crippen molar-refractivity contribution in [2.75, 3.05) is 6.61 Å². The van der Waals surface area contributed by atoms with Crippen LogP contribution < -0.4 is 0 Å². The summed E-state index contributed by atoms with van der Waals surface area (Å²) in [5, 5.41) is 8.00. The van der Waals surface area contributed by atoms with Crippen molar-refractivity contribution in [1.82, 2.24) is 0 Å². The number of esters is 1. The van der Waals surface area contributed by atoms with E-state index in [0.717, 1.165) is 6.07 Å². The highest BCUT2D eigenvalue weighted by Crippen LogP contribution is 2.14. The third-order valence-corrected chi connectivity index (χ3v) is 0.766. The smallest absolute Gasteiger partial charge is 0.447 e. The Morgan fingerprint density at radius 3 is 2.46 bits per heavy atom. The lowest BCUT2D eigenvalue weighted by atomic mass is 10.4. The molecule has 0 saturated heterocycles. The Morgan fingerprint density at radius 1 is 1.62 bits per heavy atom. The third kappa shape index (κ3) is 4.55. The van der Waals surface area contributed by atoms with Crippen molar-refractivity contribution >= 4 is 11.7 Å². The van der Waals surface area contributed by atoms with Crippen LogP contribution in [0.1, 0.15) is 0 Å². The fourth-order valence-corrected chi connectivity index (χ4v) is 0.325. The summed E-state index contributed by atoms with van der Waals surface area (Å²) in [5.41, 5.74) is 6.77. The average Bonchev–Trinajstić information content (AvgIpc) is 2.02. The van der Waals surface area contributed by atoms with Crippen molar-refractivity contribution in [2.45, 2.75) is 6.18 Å². The molecule has 0 bridgehead atoms. The number of halogens is 3. The Kier molecular flexibility index (Phi) is 3.62. The molecule has 0 aliphatic carbocycles. The first-order chi connectivity index (χ1) is 5.90. The summed E-state index contributed by atoms with van der Waals surface area (Å²) < 4.78 is 37.8. The van der Waals surface area contributed by atoms with Gasteiger partial charge >= 0.3 is 17.9 Å². The summed E-state index contributed by atoms with van der Waals surface area (Å²) in [6, 6.07) is 1.05. The monoisotopic (exact) mass is 193 g/mol. The zero-order valence-electron chi connectivity index (χ0n) is 6.00. The van der Waals surface area contributed by atoms with Crippen molar-refractivity contribution in [3.05, 3.63) is 5.53 Å². The fourth-order valence-electron chi connectivity index (χ4n) is 0.325. The van der Waals surface area contributed by atoms with Crippen molar-refractivity contribution in [1.29, 1.82) is 5.26 Å². The highest BCUT2D eigenvalue weighted by Gasteiger charge is 2.32. The summed E-state index contributed by atoms with van der Waals surface area (Å²) in [5.74, 6) is -1.62. The lowest BCUT2D eigenvalue weighted by Crippen LogP contribution is -2.24. The van der Waals surface area contributed by atoms with Crippen molar-refractivity contribution < 1.29 is 27.5 Å². The van der Waals surface area contributed by atoms with Gasteiger partial charge < -0.3 is 10.3 Å². The van der Waals surface area contributed by atoms with Gasteiger partial charge in [0.25, 0.3) is 0 Å². The van der Waals surface area contributed by atoms with Crippen molar-refractivity contribution in [3.8, 4) is 6.07 Å². The molecule has 8 heteroatoms. The van der Waals surface area contributed by atoms with E-state index < -0.39 is 24.5 Å². The number of hydrogen-bond donors (Lipinski definition) is 0. The topological polar surface area (TPSA) is 86.5 Å². The molecule has 0 rings (SSSR count). The zero-order valence-corrected chi connectivity index (χ0v) is 6.00. The molecule has 0 amide bonds. The van der Waals surface area contributed by atoms with E-state index in [2.05, 4.69) is 9.53 Å². The molecule has 5 nitrogen and oxygen atoms in total. The van der Waals surface area contributed by atoms with Gasteiger partial charge in [-0.25, -0.2) is 4.79 Å². The van der Waals surface area contributed by atoms with E-state index in [4.69, 9.17) is 10.8 Å². The largest absolute Gasteiger partial charge is 0.475 e. The quantitative estimate of drug-likeness (QED) is 0.273. The maximum atomic E-state index is 11.4. The molecule has 0 aromatic carbocycles. The predicted molar refractivity (Wildman–Crippen MR) is 31.3 cm³/mol. The van der Waals surface area contributed by atoms with Crippen LogP contribution in [0.5, 0.6) is 0 Å². The molecule has 0 aliphatic rings. The van der Waals surface area contributed by atoms with Gasteiger partial charge in [-0.15, -0.1) is 4.79 Å². The molecule has 0 unspecified atom stereocenters. The maximum Gasteiger partial charge on any atom is 0.475 e. The van der Waals surface area contributed by atoms with E-state index in [9.17, 15) is 18.0 Å². The number of hydrogen-bond acceptors (Lipinski definition) is 3. The first-order valence-electron chi connectivity index (χ1n) is 2.76. The van der Waals surface area contributed by atoms with Crippen LogP contribution in [0.4, 0.5) is 13.2 Å². The summed E-state index contributed by atoms with van der Waals surface area (Å²) in [6.45, 7) is -1.83. The second-order valence-electron chi connectivity index (χ2n) is 1.75. The van der Waals surface area contributed by atoms with Gasteiger partial charge in [0.2, 0.25) is 0 Å². The van der Waals surface area contributed by atoms with E-state index in [1.807, 2.05) is 0 Å². The Morgan fingerprint density at radius 2 is 2.15 bits per heavy atom. The van der Waals surface area contributed by atoms with Gasteiger partial charge in [0.15, 0.2) is 12.7 Å². The molecule has 0 aromatic heterocycles. The van der Waals surface area contributed by atoms with Gasteiger partial charge in [-0.1, -0.05) is 0 Å². The zero-order chi connectivity index (χ0) is 10.5. The van der Waals surface area contributed by atoms with Crippen LogP contribution in [0.25, 0.3) is 5.53 Å². The SMILES string of the molecule is N#CC(=[N+]=[N-])C(=O)OCC(F)(F)F. The second kappa shape index (κ2) is 4.23. The highest BCUT2D eigenvalue weighted by molar-refractivity contribution is 6.40. The number of ether oxygens (including phenoxy) is 1. The fraction of sp³-hybridized carbons (Fsp3) is 0.400. The summed E-state index contributed by atoms with van der Waals surface area (Å²) >= 11 is 0. The number of carbonyl (C=O) groups is 1. The molecule has 13 heavy (non-hydrogen) atoms. The third-order valence-electron chi connectivity index (χ3n) is 0.766. The van der Waals surface area contributed by atoms with Gasteiger partial charge in [0, 0.05) is 0 Å². The van der Waals surface area contributed by atoms with Crippen LogP contribution in [0.2, 0.25) is 0 Å². The van der Waals surface area contributed by atoms with E-state index in [-0.39, 0.29) is 0 Å². The maximum absolute atomic E-state index is 11.4. The van der Waals surface area contributed by atoms with Gasteiger partial charge in [0.1, 0.15) is 0 Å². The number of carbonyl (C=O) groups excluding carboxylic acids is 1. The van der Waals surface area contributed by atoms with Crippen LogP contribution >= 0.6 is 0 Å². The van der Waals surface area contributed by atoms with E-state index in [1.54, 1.807) is 0 Å². The van der Waals surface area contributed by atoms with Crippen LogP contribution in [0.3, 0.4) is 0 Å². The molecule has 0 radical (unpaired) electrons. The second-order valence-corrected chi connectivity index (χ2v) is 1.75. The van der Waals surface area contributed by atoms with Gasteiger partial charge in [-0.3, -0.25) is 0 Å². The molecule has 0 saturated carbocycles. The Balaban J connectivity index is 4.20. The number of nitrogens with zero attached hydrogens (tertiary/aromatic N) is 3. The minimum atomic E-state index is -4.67. The first-order valence-corrected chi connectivity index (χ1v) is 2.76. The summed E-state index contributed by atoms with van der Waals surface area (Å²) in [6.07, 6.45) is -4.67. The molecule has 0 heterocycles. The Bertz CT molecular complexity index is 297. The molecule has 0 fully saturated rings. The number of rotatable bonds is 2. The normalized spacial score (nSPS) is 9.69. The predicted octanol–water partition coefficient (Wildman–Crippen LogP) is 0.286. The Hall–Kier alpha value is -1.87. The van der Waals surface area contributed by atoms with Gasteiger partial charge in [-0.2, -0.15) is 18.4 Å². The lowest BCUT2D eigenvalue weighted by Gasteiger charge is -2.03. The molecular weight excluding hydrogens is 191 g/mol. The summed E-state index contributed by atoms with van der Waals surface area (Å²) in [7, 11) is 0. The highest BCUT2D eigenvalue weighted by atomic mass is 19.4. The molecule has 0 spiro atoms. The number of nitriles is 1. The standard InChI is InChI=1S/C5H2F3N3O2/c6-5(7,8)2-13-4(12)3(1-9)11-10/h2H2. The van der Waals surface area contributed by atoms with Crippen LogP contribution in [-0.2, 0) is 9.53 Å². The average molecular weight is 193 g/mol. The first kappa shape index (κ1) is 11.1. The molecule has 70 valence electrons. The van der Waals surface area contributed by atoms with E-state index in [0.29, 0.717) is 0 Å². The van der Waals surface area contributed by atoms with Gasteiger partial charge in [-0.05, 0) is 0 Å². The molecular formula is C5H2F3N3O2. The molecule has 0 N–H and O–H groups in total. The van der Waals surface area contributed by atoms with Crippen LogP contribution in [-0.4, -0.2) is 29.3 Å². The Labute approximate surface area is 69.9 Å². The number of alkyl halides is 3.